The number of amides is 1. The van der Waals surface area contributed by atoms with Crippen LogP contribution >= 0.6 is 0 Å². The molecule has 0 aliphatic carbocycles. The number of allylic oxidation sites excluding steroid dienone is 1. The fourth-order valence-corrected chi connectivity index (χ4v) is 4.60. The number of nitrogens with one attached hydrogen (secondary N) is 1. The average molecular weight is 614 g/mol. The van der Waals surface area contributed by atoms with Gasteiger partial charge in [-0.25, -0.2) is 0 Å². The van der Waals surface area contributed by atoms with E-state index in [0.717, 1.165) is 28.0 Å². The zero-order chi connectivity index (χ0) is 32.1. The van der Waals surface area contributed by atoms with Crippen LogP contribution in [0.1, 0.15) is 39.5 Å². The summed E-state index contributed by atoms with van der Waals surface area (Å²) in [7, 11) is 1.61. The van der Waals surface area contributed by atoms with Crippen LogP contribution in [0, 0.1) is 0 Å². The summed E-state index contributed by atoms with van der Waals surface area (Å²) in [5.74, 6) is 1.78. The quantitative estimate of drug-likeness (QED) is 0.100. The Bertz CT molecular complexity index is 1780. The molecular weight excluding hydrogens is 578 g/mol. The zero-order valence-electron chi connectivity index (χ0n) is 25.8. The van der Waals surface area contributed by atoms with Gasteiger partial charge in [-0.2, -0.15) is 0 Å². The number of rotatable bonds is 14. The SMILES string of the molecule is COc1ccc(COc2ccc(NC(C)=O)cc2C(=O)C=Cc2ccc(OCc3ccccc3)c(OCc3ccccc3)c2)cc1. The van der Waals surface area contributed by atoms with Gasteiger partial charge in [0.25, 0.3) is 0 Å². The first-order valence-corrected chi connectivity index (χ1v) is 14.8. The van der Waals surface area contributed by atoms with Crippen molar-refractivity contribution in [1.29, 1.82) is 0 Å². The highest BCUT2D eigenvalue weighted by Crippen LogP contribution is 2.31. The Balaban J connectivity index is 1.36. The Morgan fingerprint density at radius 1 is 0.630 bits per heavy atom. The van der Waals surface area contributed by atoms with Crippen molar-refractivity contribution in [3.05, 3.63) is 155 Å². The molecule has 1 N–H and O–H groups in total. The largest absolute Gasteiger partial charge is 0.497 e. The number of benzene rings is 5. The van der Waals surface area contributed by atoms with Crippen LogP contribution < -0.4 is 24.3 Å². The van der Waals surface area contributed by atoms with Crippen LogP contribution in [0.5, 0.6) is 23.0 Å². The van der Waals surface area contributed by atoms with E-state index in [1.54, 1.807) is 31.4 Å². The molecule has 0 unspecified atom stereocenters. The molecule has 0 radical (unpaired) electrons. The lowest BCUT2D eigenvalue weighted by atomic mass is 10.1. The van der Waals surface area contributed by atoms with E-state index in [2.05, 4.69) is 5.32 Å². The molecule has 0 aliphatic rings. The molecule has 7 heteroatoms. The molecule has 232 valence electrons. The summed E-state index contributed by atoms with van der Waals surface area (Å²) in [6.45, 7) is 2.42. The highest BCUT2D eigenvalue weighted by molar-refractivity contribution is 6.09. The van der Waals surface area contributed by atoms with Gasteiger partial charge in [-0.3, -0.25) is 9.59 Å². The second-order valence-corrected chi connectivity index (χ2v) is 10.5. The molecule has 0 heterocycles. The first kappa shape index (κ1) is 31.6. The molecule has 1 amide bonds. The maximum absolute atomic E-state index is 13.5. The Labute approximate surface area is 269 Å². The van der Waals surface area contributed by atoms with Gasteiger partial charge in [0.1, 0.15) is 31.3 Å². The van der Waals surface area contributed by atoms with Crippen molar-refractivity contribution in [2.45, 2.75) is 26.7 Å². The number of carbonyl (C=O) groups is 2. The maximum atomic E-state index is 13.5. The Kier molecular flexibility index (Phi) is 10.8. The molecule has 0 aliphatic heterocycles. The van der Waals surface area contributed by atoms with E-state index in [0.29, 0.717) is 41.7 Å². The molecular formula is C39H35NO6. The lowest BCUT2D eigenvalue weighted by molar-refractivity contribution is -0.114. The van der Waals surface area contributed by atoms with Crippen molar-refractivity contribution in [2.75, 3.05) is 12.4 Å². The smallest absolute Gasteiger partial charge is 0.221 e. The topological polar surface area (TPSA) is 83.1 Å². The highest BCUT2D eigenvalue weighted by Gasteiger charge is 2.14. The minimum atomic E-state index is -0.284. The summed E-state index contributed by atoms with van der Waals surface area (Å²) in [6, 6.07) is 37.9. The highest BCUT2D eigenvalue weighted by atomic mass is 16.5. The van der Waals surface area contributed by atoms with Crippen LogP contribution in [0.3, 0.4) is 0 Å². The predicted molar refractivity (Wildman–Crippen MR) is 179 cm³/mol. The van der Waals surface area contributed by atoms with E-state index in [1.165, 1.54) is 13.0 Å². The van der Waals surface area contributed by atoms with Crippen LogP contribution in [0.25, 0.3) is 6.08 Å². The summed E-state index contributed by atoms with van der Waals surface area (Å²) in [5, 5.41) is 2.74. The van der Waals surface area contributed by atoms with Gasteiger partial charge in [0, 0.05) is 12.6 Å². The molecule has 0 bridgehead atoms. The van der Waals surface area contributed by atoms with Crippen LogP contribution in [0.2, 0.25) is 0 Å². The summed E-state index contributed by atoms with van der Waals surface area (Å²) < 4.78 is 23.6. The Morgan fingerprint density at radius 3 is 1.80 bits per heavy atom. The third kappa shape index (κ3) is 9.09. The summed E-state index contributed by atoms with van der Waals surface area (Å²) in [4.78, 5) is 25.3. The minimum absolute atomic E-state index is 0.238. The molecule has 0 saturated carbocycles. The average Bonchev–Trinajstić information content (AvgIpc) is 3.09. The minimum Gasteiger partial charge on any atom is -0.497 e. The molecule has 46 heavy (non-hydrogen) atoms. The van der Waals surface area contributed by atoms with Crippen LogP contribution in [0.4, 0.5) is 5.69 Å². The number of hydrogen-bond donors (Lipinski definition) is 1. The standard InChI is InChI=1S/C39H35NO6/c1-28(41)40-33-17-22-37(44-27-32-13-18-34(43-2)19-14-32)35(24-33)36(42)20-15-29-16-21-38(45-25-30-9-5-3-6-10-30)39(23-29)46-26-31-11-7-4-8-12-31/h3-24H,25-27H2,1-2H3,(H,40,41). The van der Waals surface area contributed by atoms with Gasteiger partial charge in [-0.15, -0.1) is 0 Å². The second kappa shape index (κ2) is 15.8. The van der Waals surface area contributed by atoms with Gasteiger partial charge in [-0.05, 0) is 70.8 Å². The number of hydrogen-bond acceptors (Lipinski definition) is 6. The van der Waals surface area contributed by atoms with E-state index in [-0.39, 0.29) is 18.3 Å². The van der Waals surface area contributed by atoms with Crippen LogP contribution in [0.15, 0.2) is 127 Å². The lowest BCUT2D eigenvalue weighted by Gasteiger charge is -2.14. The van der Waals surface area contributed by atoms with Gasteiger partial charge < -0.3 is 24.3 Å². The van der Waals surface area contributed by atoms with Gasteiger partial charge >= 0.3 is 0 Å². The molecule has 0 saturated heterocycles. The lowest BCUT2D eigenvalue weighted by Crippen LogP contribution is -2.08. The molecule has 5 aromatic carbocycles. The fourth-order valence-electron chi connectivity index (χ4n) is 4.60. The number of carbonyl (C=O) groups excluding carboxylic acids is 2. The number of ether oxygens (including phenoxy) is 4. The monoisotopic (exact) mass is 613 g/mol. The van der Waals surface area contributed by atoms with Crippen LogP contribution in [-0.2, 0) is 24.6 Å². The molecule has 0 atom stereocenters. The molecule has 0 aromatic heterocycles. The molecule has 5 rings (SSSR count). The molecule has 7 nitrogen and oxygen atoms in total. The zero-order valence-corrected chi connectivity index (χ0v) is 25.8. The van der Waals surface area contributed by atoms with Crippen molar-refractivity contribution in [1.82, 2.24) is 0 Å². The van der Waals surface area contributed by atoms with E-state index in [1.807, 2.05) is 103 Å². The summed E-state index contributed by atoms with van der Waals surface area (Å²) >= 11 is 0. The fraction of sp³-hybridized carbons (Fsp3) is 0.128. The van der Waals surface area contributed by atoms with Crippen LogP contribution in [-0.4, -0.2) is 18.8 Å². The first-order valence-electron chi connectivity index (χ1n) is 14.8. The van der Waals surface area contributed by atoms with E-state index in [9.17, 15) is 9.59 Å². The van der Waals surface area contributed by atoms with E-state index >= 15 is 0 Å². The van der Waals surface area contributed by atoms with E-state index in [4.69, 9.17) is 18.9 Å². The summed E-state index contributed by atoms with van der Waals surface area (Å²) in [6.07, 6.45) is 3.20. The third-order valence-electron chi connectivity index (χ3n) is 6.99. The Morgan fingerprint density at radius 2 is 1.20 bits per heavy atom. The maximum Gasteiger partial charge on any atom is 0.221 e. The number of ketones is 1. The normalized spacial score (nSPS) is 10.7. The first-order chi connectivity index (χ1) is 22.5. The number of anilines is 1. The van der Waals surface area contributed by atoms with Crippen molar-refractivity contribution < 1.29 is 28.5 Å². The van der Waals surface area contributed by atoms with Gasteiger partial charge in [0.15, 0.2) is 17.3 Å². The molecule has 0 fully saturated rings. The van der Waals surface area contributed by atoms with Crippen molar-refractivity contribution in [2.24, 2.45) is 0 Å². The molecule has 5 aromatic rings. The predicted octanol–water partition coefficient (Wildman–Crippen LogP) is 8.29. The van der Waals surface area contributed by atoms with E-state index < -0.39 is 0 Å². The van der Waals surface area contributed by atoms with Crippen molar-refractivity contribution in [3.63, 3.8) is 0 Å². The number of methoxy groups -OCH3 is 1. The van der Waals surface area contributed by atoms with Gasteiger partial charge in [-0.1, -0.05) is 84.9 Å². The molecule has 0 spiro atoms. The van der Waals surface area contributed by atoms with Crippen molar-refractivity contribution in [3.8, 4) is 23.0 Å². The third-order valence-corrected chi connectivity index (χ3v) is 6.99. The Hall–Kier alpha value is -5.82. The second-order valence-electron chi connectivity index (χ2n) is 10.5. The van der Waals surface area contributed by atoms with Gasteiger partial charge in [0.05, 0.1) is 12.7 Å². The van der Waals surface area contributed by atoms with Crippen molar-refractivity contribution >= 4 is 23.5 Å². The van der Waals surface area contributed by atoms with Gasteiger partial charge in [0.2, 0.25) is 5.91 Å². The summed E-state index contributed by atoms with van der Waals surface area (Å²) in [5.41, 5.74) is 4.55.